The molecule has 0 saturated carbocycles. The molecule has 0 bridgehead atoms. The van der Waals surface area contributed by atoms with Crippen LogP contribution in [-0.4, -0.2) is 17.1 Å². The maximum Gasteiger partial charge on any atom is 0.416 e. The Balaban J connectivity index is 1.39. The number of para-hydroxylation sites is 1. The van der Waals surface area contributed by atoms with E-state index in [-0.39, 0.29) is 17.8 Å². The Morgan fingerprint density at radius 1 is 0.970 bits per heavy atom. The Hall–Kier alpha value is -3.74. The van der Waals surface area contributed by atoms with E-state index in [0.29, 0.717) is 30.6 Å². The van der Waals surface area contributed by atoms with Crippen molar-refractivity contribution in [3.8, 4) is 11.5 Å². The minimum atomic E-state index is -4.44. The molecule has 1 aromatic heterocycles. The molecule has 1 unspecified atom stereocenters. The standard InChI is InChI=1S/C26H20F3NO3/c27-26(28,29)17-8-4-9-18(14-17)32-23-11-5-10-20-21-15-19(12-13-22(21)30-24(20)23)33-25(31)16-6-2-1-3-7-16/h1-11,14,19,30H,12-13,15H2. The van der Waals surface area contributed by atoms with Crippen molar-refractivity contribution in [2.45, 2.75) is 31.5 Å². The van der Waals surface area contributed by atoms with Crippen molar-refractivity contribution in [2.75, 3.05) is 0 Å². The summed E-state index contributed by atoms with van der Waals surface area (Å²) in [5, 5.41) is 0.912. The number of rotatable bonds is 4. The summed E-state index contributed by atoms with van der Waals surface area (Å²) in [6.45, 7) is 0. The Kier molecular flexibility index (Phi) is 5.32. The molecule has 0 fully saturated rings. The summed E-state index contributed by atoms with van der Waals surface area (Å²) in [6, 6.07) is 19.1. The Morgan fingerprint density at radius 2 is 1.76 bits per heavy atom. The molecule has 1 aliphatic rings. The molecule has 0 saturated heterocycles. The van der Waals surface area contributed by atoms with Crippen molar-refractivity contribution in [1.82, 2.24) is 4.98 Å². The van der Waals surface area contributed by atoms with E-state index >= 15 is 0 Å². The number of aromatic nitrogens is 1. The number of aryl methyl sites for hydroxylation is 1. The third-order valence-corrected chi connectivity index (χ3v) is 5.81. The molecule has 1 aliphatic carbocycles. The van der Waals surface area contributed by atoms with E-state index in [1.165, 1.54) is 12.1 Å². The number of benzene rings is 3. The average Bonchev–Trinajstić information content (AvgIpc) is 3.18. The first-order valence-electron chi connectivity index (χ1n) is 10.6. The van der Waals surface area contributed by atoms with Crippen molar-refractivity contribution in [1.29, 1.82) is 0 Å². The highest BCUT2D eigenvalue weighted by atomic mass is 19.4. The molecule has 168 valence electrons. The molecule has 4 aromatic rings. The summed E-state index contributed by atoms with van der Waals surface area (Å²) in [7, 11) is 0. The number of H-pyrrole nitrogens is 1. The van der Waals surface area contributed by atoms with Gasteiger partial charge in [-0.25, -0.2) is 4.79 Å². The van der Waals surface area contributed by atoms with Gasteiger partial charge in [-0.1, -0.05) is 36.4 Å². The second-order valence-electron chi connectivity index (χ2n) is 8.02. The molecule has 1 N–H and O–H groups in total. The third kappa shape index (κ3) is 4.31. The quantitative estimate of drug-likeness (QED) is 0.352. The van der Waals surface area contributed by atoms with Crippen LogP contribution in [0.4, 0.5) is 13.2 Å². The maximum absolute atomic E-state index is 13.1. The van der Waals surface area contributed by atoms with E-state index < -0.39 is 11.7 Å². The minimum Gasteiger partial charge on any atom is -0.458 e. The zero-order valence-electron chi connectivity index (χ0n) is 17.5. The number of aromatic amines is 1. The predicted molar refractivity (Wildman–Crippen MR) is 117 cm³/mol. The van der Waals surface area contributed by atoms with Crippen molar-refractivity contribution in [3.63, 3.8) is 0 Å². The fourth-order valence-corrected chi connectivity index (χ4v) is 4.22. The Bertz CT molecular complexity index is 1310. The van der Waals surface area contributed by atoms with Crippen LogP contribution in [0.3, 0.4) is 0 Å². The molecule has 5 rings (SSSR count). The number of hydrogen-bond acceptors (Lipinski definition) is 3. The Labute approximate surface area is 188 Å². The van der Waals surface area contributed by atoms with Crippen LogP contribution in [0.5, 0.6) is 11.5 Å². The van der Waals surface area contributed by atoms with Crippen molar-refractivity contribution in [3.05, 3.63) is 95.2 Å². The van der Waals surface area contributed by atoms with Gasteiger partial charge in [0.1, 0.15) is 11.9 Å². The number of carbonyl (C=O) groups is 1. The molecule has 0 radical (unpaired) electrons. The largest absolute Gasteiger partial charge is 0.458 e. The number of hydrogen-bond donors (Lipinski definition) is 1. The topological polar surface area (TPSA) is 51.3 Å². The molecular weight excluding hydrogens is 431 g/mol. The first kappa shape index (κ1) is 21.1. The van der Waals surface area contributed by atoms with Gasteiger partial charge in [-0.05, 0) is 54.8 Å². The monoisotopic (exact) mass is 451 g/mol. The zero-order valence-corrected chi connectivity index (χ0v) is 17.5. The van der Waals surface area contributed by atoms with Crippen molar-refractivity contribution in [2.24, 2.45) is 0 Å². The molecule has 0 spiro atoms. The third-order valence-electron chi connectivity index (χ3n) is 5.81. The van der Waals surface area contributed by atoms with Crippen LogP contribution in [0.2, 0.25) is 0 Å². The van der Waals surface area contributed by atoms with Gasteiger partial charge in [0.25, 0.3) is 0 Å². The molecule has 1 atom stereocenters. The van der Waals surface area contributed by atoms with Crippen LogP contribution in [0.1, 0.15) is 33.6 Å². The molecular formula is C26H20F3NO3. The van der Waals surface area contributed by atoms with E-state index in [1.807, 2.05) is 12.1 Å². The van der Waals surface area contributed by atoms with Crippen LogP contribution >= 0.6 is 0 Å². The van der Waals surface area contributed by atoms with Crippen LogP contribution in [0.15, 0.2) is 72.8 Å². The van der Waals surface area contributed by atoms with Gasteiger partial charge in [0.15, 0.2) is 5.75 Å². The van der Waals surface area contributed by atoms with E-state index in [2.05, 4.69) is 4.98 Å². The lowest BCUT2D eigenvalue weighted by molar-refractivity contribution is -0.137. The van der Waals surface area contributed by atoms with Crippen molar-refractivity contribution >= 4 is 16.9 Å². The van der Waals surface area contributed by atoms with E-state index in [0.717, 1.165) is 34.3 Å². The predicted octanol–water partition coefficient (Wildman–Crippen LogP) is 6.69. The number of esters is 1. The number of nitrogens with one attached hydrogen (secondary N) is 1. The highest BCUT2D eigenvalue weighted by molar-refractivity contribution is 5.91. The lowest BCUT2D eigenvalue weighted by atomic mass is 9.93. The van der Waals surface area contributed by atoms with Crippen LogP contribution in [0, 0.1) is 0 Å². The van der Waals surface area contributed by atoms with Gasteiger partial charge >= 0.3 is 12.1 Å². The summed E-state index contributed by atoms with van der Waals surface area (Å²) in [6.07, 6.45) is -2.76. The second kappa shape index (κ2) is 8.31. The highest BCUT2D eigenvalue weighted by Gasteiger charge is 2.31. The summed E-state index contributed by atoms with van der Waals surface area (Å²) in [4.78, 5) is 15.8. The van der Waals surface area contributed by atoms with Crippen molar-refractivity contribution < 1.29 is 27.4 Å². The van der Waals surface area contributed by atoms with Crippen LogP contribution in [0.25, 0.3) is 10.9 Å². The number of fused-ring (bicyclic) bond motifs is 3. The van der Waals surface area contributed by atoms with E-state index in [1.54, 1.807) is 36.4 Å². The zero-order chi connectivity index (χ0) is 23.0. The fourth-order valence-electron chi connectivity index (χ4n) is 4.22. The van der Waals surface area contributed by atoms with Gasteiger partial charge in [-0.3, -0.25) is 0 Å². The first-order chi connectivity index (χ1) is 15.9. The average molecular weight is 451 g/mol. The second-order valence-corrected chi connectivity index (χ2v) is 8.02. The van der Waals surface area contributed by atoms with Gasteiger partial charge in [-0.2, -0.15) is 13.2 Å². The summed E-state index contributed by atoms with van der Waals surface area (Å²) in [5.74, 6) is 0.205. The number of alkyl halides is 3. The summed E-state index contributed by atoms with van der Waals surface area (Å²) >= 11 is 0. The molecule has 7 heteroatoms. The SMILES string of the molecule is O=C(OC1CCc2[nH]c3c(Oc4cccc(C(F)(F)F)c4)cccc3c2C1)c1ccccc1. The number of ether oxygens (including phenoxy) is 2. The van der Waals surface area contributed by atoms with Gasteiger partial charge in [-0.15, -0.1) is 0 Å². The van der Waals surface area contributed by atoms with E-state index in [9.17, 15) is 18.0 Å². The minimum absolute atomic E-state index is 0.111. The smallest absolute Gasteiger partial charge is 0.416 e. The summed E-state index contributed by atoms with van der Waals surface area (Å²) < 4.78 is 50.7. The van der Waals surface area contributed by atoms with E-state index in [4.69, 9.17) is 9.47 Å². The Morgan fingerprint density at radius 3 is 2.55 bits per heavy atom. The molecule has 3 aromatic carbocycles. The van der Waals surface area contributed by atoms with Crippen LogP contribution < -0.4 is 4.74 Å². The van der Waals surface area contributed by atoms with Gasteiger partial charge < -0.3 is 14.5 Å². The fraction of sp³-hybridized carbons (Fsp3) is 0.192. The highest BCUT2D eigenvalue weighted by Crippen LogP contribution is 2.38. The summed E-state index contributed by atoms with van der Waals surface area (Å²) in [5.41, 5.74) is 2.53. The maximum atomic E-state index is 13.1. The van der Waals surface area contributed by atoms with Gasteiger partial charge in [0.2, 0.25) is 0 Å². The van der Waals surface area contributed by atoms with Gasteiger partial charge in [0.05, 0.1) is 16.6 Å². The van der Waals surface area contributed by atoms with Gasteiger partial charge in [0, 0.05) is 17.5 Å². The molecule has 1 heterocycles. The lowest BCUT2D eigenvalue weighted by Crippen LogP contribution is -2.25. The molecule has 0 aliphatic heterocycles. The molecule has 4 nitrogen and oxygen atoms in total. The lowest BCUT2D eigenvalue weighted by Gasteiger charge is -2.22. The normalized spacial score (nSPS) is 15.8. The number of carbonyl (C=O) groups excluding carboxylic acids is 1. The molecule has 33 heavy (non-hydrogen) atoms. The molecule has 0 amide bonds. The number of halogens is 3. The van der Waals surface area contributed by atoms with Crippen LogP contribution in [-0.2, 0) is 23.8 Å². The first-order valence-corrected chi connectivity index (χ1v) is 10.6.